The molecular formula is C22H30N4O. The minimum absolute atomic E-state index is 0.156. The van der Waals surface area contributed by atoms with Crippen molar-refractivity contribution in [2.45, 2.75) is 57.8 Å². The fourth-order valence-corrected chi connectivity index (χ4v) is 4.67. The summed E-state index contributed by atoms with van der Waals surface area (Å²) in [6, 6.07) is 4.21. The number of carbonyl (C=O) groups excluding carboxylic acids is 1. The zero-order valence-corrected chi connectivity index (χ0v) is 16.4. The molecule has 0 N–H and O–H groups in total. The van der Waals surface area contributed by atoms with E-state index in [0.29, 0.717) is 5.92 Å². The van der Waals surface area contributed by atoms with Crippen LogP contribution in [0, 0.1) is 5.92 Å². The first kappa shape index (κ1) is 18.2. The molecule has 0 radical (unpaired) electrons. The Labute approximate surface area is 161 Å². The van der Waals surface area contributed by atoms with Crippen molar-refractivity contribution in [2.24, 2.45) is 13.0 Å². The highest BCUT2D eigenvalue weighted by Gasteiger charge is 2.30. The third-order valence-electron chi connectivity index (χ3n) is 6.23. The molecule has 0 aromatic carbocycles. The zero-order valence-electron chi connectivity index (χ0n) is 16.4. The van der Waals surface area contributed by atoms with E-state index in [2.05, 4.69) is 22.2 Å². The second kappa shape index (κ2) is 8.24. The van der Waals surface area contributed by atoms with Crippen LogP contribution in [0.15, 0.2) is 24.5 Å². The SMILES string of the molecule is Cn1nc(C(=O)N2CCCCC2)c2c1CCC(CCCc1ccncc1)C2. The predicted molar refractivity (Wildman–Crippen MR) is 106 cm³/mol. The van der Waals surface area contributed by atoms with Crippen molar-refractivity contribution in [1.82, 2.24) is 19.7 Å². The first-order chi connectivity index (χ1) is 13.2. The van der Waals surface area contributed by atoms with E-state index in [1.165, 1.54) is 42.5 Å². The number of fused-ring (bicyclic) bond motifs is 1. The Balaban J connectivity index is 1.41. The molecule has 2 aromatic rings. The van der Waals surface area contributed by atoms with E-state index < -0.39 is 0 Å². The van der Waals surface area contributed by atoms with Gasteiger partial charge < -0.3 is 4.90 Å². The molecule has 3 heterocycles. The summed E-state index contributed by atoms with van der Waals surface area (Å²) in [6.45, 7) is 1.78. The number of pyridine rings is 1. The third kappa shape index (κ3) is 4.07. The van der Waals surface area contributed by atoms with E-state index in [1.54, 1.807) is 0 Å². The Bertz CT molecular complexity index is 777. The van der Waals surface area contributed by atoms with Gasteiger partial charge in [-0.25, -0.2) is 0 Å². The van der Waals surface area contributed by atoms with Crippen LogP contribution in [0.4, 0.5) is 0 Å². The number of rotatable bonds is 5. The summed E-state index contributed by atoms with van der Waals surface area (Å²) in [7, 11) is 2.00. The van der Waals surface area contributed by atoms with Crippen LogP contribution in [0.5, 0.6) is 0 Å². The second-order valence-electron chi connectivity index (χ2n) is 8.11. The monoisotopic (exact) mass is 366 g/mol. The minimum Gasteiger partial charge on any atom is -0.337 e. The van der Waals surface area contributed by atoms with E-state index in [4.69, 9.17) is 0 Å². The Hall–Kier alpha value is -2.17. The van der Waals surface area contributed by atoms with Crippen LogP contribution in [-0.4, -0.2) is 38.7 Å². The topological polar surface area (TPSA) is 51.0 Å². The third-order valence-corrected chi connectivity index (χ3v) is 6.23. The van der Waals surface area contributed by atoms with Gasteiger partial charge in [0.25, 0.3) is 5.91 Å². The van der Waals surface area contributed by atoms with Gasteiger partial charge >= 0.3 is 0 Å². The van der Waals surface area contributed by atoms with Gasteiger partial charge in [-0.1, -0.05) is 0 Å². The Morgan fingerprint density at radius 1 is 1.19 bits per heavy atom. The fraction of sp³-hybridized carbons (Fsp3) is 0.591. The van der Waals surface area contributed by atoms with Gasteiger partial charge in [0, 0.05) is 43.8 Å². The van der Waals surface area contributed by atoms with Gasteiger partial charge in [-0.15, -0.1) is 0 Å². The summed E-state index contributed by atoms with van der Waals surface area (Å²) in [5.74, 6) is 0.820. The number of aryl methyl sites for hydroxylation is 2. The Morgan fingerprint density at radius 2 is 1.96 bits per heavy atom. The summed E-state index contributed by atoms with van der Waals surface area (Å²) in [5.41, 5.74) is 4.60. The van der Waals surface area contributed by atoms with Gasteiger partial charge in [0.1, 0.15) is 0 Å². The van der Waals surface area contributed by atoms with Crippen molar-refractivity contribution in [3.63, 3.8) is 0 Å². The van der Waals surface area contributed by atoms with Crippen LogP contribution >= 0.6 is 0 Å². The lowest BCUT2D eigenvalue weighted by molar-refractivity contribution is 0.0716. The molecule has 27 heavy (non-hydrogen) atoms. The molecule has 4 rings (SSSR count). The van der Waals surface area contributed by atoms with Crippen molar-refractivity contribution < 1.29 is 4.79 Å². The Morgan fingerprint density at radius 3 is 2.74 bits per heavy atom. The minimum atomic E-state index is 0.156. The molecule has 1 fully saturated rings. The molecule has 2 aliphatic rings. The van der Waals surface area contributed by atoms with Crippen LogP contribution in [0.3, 0.4) is 0 Å². The highest BCUT2D eigenvalue weighted by Crippen LogP contribution is 2.31. The van der Waals surface area contributed by atoms with Crippen LogP contribution in [0.25, 0.3) is 0 Å². The maximum Gasteiger partial charge on any atom is 0.274 e. The zero-order chi connectivity index (χ0) is 18.6. The van der Waals surface area contributed by atoms with Crippen molar-refractivity contribution in [2.75, 3.05) is 13.1 Å². The maximum atomic E-state index is 13.0. The highest BCUT2D eigenvalue weighted by atomic mass is 16.2. The Kier molecular flexibility index (Phi) is 5.55. The summed E-state index contributed by atoms with van der Waals surface area (Å²) in [6.07, 6.45) is 14.0. The molecule has 5 nitrogen and oxygen atoms in total. The van der Waals surface area contributed by atoms with Crippen LogP contribution in [0.2, 0.25) is 0 Å². The van der Waals surface area contributed by atoms with E-state index in [0.717, 1.165) is 50.9 Å². The molecule has 0 spiro atoms. The number of hydrogen-bond donors (Lipinski definition) is 0. The number of nitrogens with zero attached hydrogens (tertiary/aromatic N) is 4. The second-order valence-corrected chi connectivity index (χ2v) is 8.11. The molecule has 1 atom stereocenters. The van der Waals surface area contributed by atoms with Gasteiger partial charge in [0.2, 0.25) is 0 Å². The van der Waals surface area contributed by atoms with Gasteiger partial charge in [-0.3, -0.25) is 14.5 Å². The number of piperidine rings is 1. The summed E-state index contributed by atoms with van der Waals surface area (Å²) in [5, 5.41) is 4.65. The fourth-order valence-electron chi connectivity index (χ4n) is 4.67. The van der Waals surface area contributed by atoms with E-state index in [1.807, 2.05) is 29.0 Å². The molecule has 1 amide bonds. The highest BCUT2D eigenvalue weighted by molar-refractivity contribution is 5.94. The lowest BCUT2D eigenvalue weighted by Gasteiger charge is -2.27. The normalized spacial score (nSPS) is 19.7. The average molecular weight is 367 g/mol. The lowest BCUT2D eigenvalue weighted by atomic mass is 9.83. The number of hydrogen-bond acceptors (Lipinski definition) is 3. The summed E-state index contributed by atoms with van der Waals surface area (Å²) >= 11 is 0. The van der Waals surface area contributed by atoms with E-state index in [-0.39, 0.29) is 5.91 Å². The number of amides is 1. The molecule has 0 saturated carbocycles. The smallest absolute Gasteiger partial charge is 0.274 e. The molecule has 0 bridgehead atoms. The van der Waals surface area contributed by atoms with Crippen molar-refractivity contribution >= 4 is 5.91 Å². The molecular weight excluding hydrogens is 336 g/mol. The first-order valence-corrected chi connectivity index (χ1v) is 10.5. The number of likely N-dealkylation sites (tertiary alicyclic amines) is 1. The average Bonchev–Trinajstić information content (AvgIpc) is 3.05. The standard InChI is InChI=1S/C22H30N4O/c1-25-20-9-8-18(7-5-6-17-10-12-23-13-11-17)16-19(20)21(24-25)22(27)26-14-3-2-4-15-26/h10-13,18H,2-9,14-16H2,1H3. The maximum absolute atomic E-state index is 13.0. The van der Waals surface area contributed by atoms with Crippen molar-refractivity contribution in [1.29, 1.82) is 0 Å². The summed E-state index contributed by atoms with van der Waals surface area (Å²) in [4.78, 5) is 19.1. The van der Waals surface area contributed by atoms with Gasteiger partial charge in [0.05, 0.1) is 0 Å². The number of aromatic nitrogens is 3. The van der Waals surface area contributed by atoms with Crippen molar-refractivity contribution in [3.8, 4) is 0 Å². The molecule has 2 aromatic heterocycles. The van der Waals surface area contributed by atoms with Gasteiger partial charge in [-0.2, -0.15) is 5.10 Å². The van der Waals surface area contributed by atoms with Crippen LogP contribution in [-0.2, 0) is 26.3 Å². The van der Waals surface area contributed by atoms with Gasteiger partial charge in [0.15, 0.2) is 5.69 Å². The number of carbonyl (C=O) groups is 1. The van der Waals surface area contributed by atoms with E-state index >= 15 is 0 Å². The molecule has 1 saturated heterocycles. The van der Waals surface area contributed by atoms with Crippen LogP contribution < -0.4 is 0 Å². The molecule has 5 heteroatoms. The van der Waals surface area contributed by atoms with Crippen molar-refractivity contribution in [3.05, 3.63) is 47.0 Å². The summed E-state index contributed by atoms with van der Waals surface area (Å²) < 4.78 is 1.96. The molecule has 1 unspecified atom stereocenters. The largest absolute Gasteiger partial charge is 0.337 e. The first-order valence-electron chi connectivity index (χ1n) is 10.5. The quantitative estimate of drug-likeness (QED) is 0.813. The molecule has 1 aliphatic carbocycles. The van der Waals surface area contributed by atoms with Gasteiger partial charge in [-0.05, 0) is 81.4 Å². The van der Waals surface area contributed by atoms with E-state index in [9.17, 15) is 4.79 Å². The van der Waals surface area contributed by atoms with Crippen LogP contribution in [0.1, 0.15) is 65.8 Å². The molecule has 144 valence electrons. The predicted octanol–water partition coefficient (Wildman–Crippen LogP) is 3.57. The lowest BCUT2D eigenvalue weighted by Crippen LogP contribution is -2.36. The molecule has 1 aliphatic heterocycles.